The van der Waals surface area contributed by atoms with Gasteiger partial charge in [0.05, 0.1) is 16.7 Å². The molecule has 1 rings (SSSR count). The Morgan fingerprint density at radius 2 is 2.07 bits per heavy atom. The number of rotatable bonds is 3. The Morgan fingerprint density at radius 3 is 2.47 bits per heavy atom. The molecule has 0 aliphatic heterocycles. The lowest BCUT2D eigenvalue weighted by Crippen LogP contribution is -2.23. The molecule has 1 heterocycles. The average Bonchev–Trinajstić information content (AvgIpc) is 2.42. The molecule has 0 N–H and O–H groups in total. The highest BCUT2D eigenvalue weighted by Gasteiger charge is 2.10. The quantitative estimate of drug-likeness (QED) is 0.842. The van der Waals surface area contributed by atoms with Gasteiger partial charge in [0.25, 0.3) is 0 Å². The summed E-state index contributed by atoms with van der Waals surface area (Å²) in [6.07, 6.45) is 0.487. The highest BCUT2D eigenvalue weighted by Crippen LogP contribution is 2.19. The van der Waals surface area contributed by atoms with Crippen LogP contribution < -0.4 is 0 Å². The van der Waals surface area contributed by atoms with E-state index in [1.54, 1.807) is 19.0 Å². The summed E-state index contributed by atoms with van der Waals surface area (Å²) in [5.74, 6) is 0.124. The van der Waals surface area contributed by atoms with Crippen molar-refractivity contribution in [1.29, 1.82) is 0 Å². The summed E-state index contributed by atoms with van der Waals surface area (Å²) in [5.41, 5.74) is 2.03. The number of aromatic nitrogens is 2. The molecule has 15 heavy (non-hydrogen) atoms. The predicted octanol–water partition coefficient (Wildman–Crippen LogP) is 1.74. The van der Waals surface area contributed by atoms with Gasteiger partial charge in [0.1, 0.15) is 0 Å². The Hall–Kier alpha value is -0.840. The van der Waals surface area contributed by atoms with Crippen LogP contribution >= 0.6 is 15.9 Å². The second kappa shape index (κ2) is 4.79. The zero-order valence-electron chi connectivity index (χ0n) is 9.54. The van der Waals surface area contributed by atoms with E-state index < -0.39 is 0 Å². The summed E-state index contributed by atoms with van der Waals surface area (Å²) >= 11 is 3.46. The van der Waals surface area contributed by atoms with Crippen molar-refractivity contribution in [3.8, 4) is 0 Å². The maximum atomic E-state index is 11.4. The van der Waals surface area contributed by atoms with Crippen molar-refractivity contribution in [1.82, 2.24) is 14.7 Å². The lowest BCUT2D eigenvalue weighted by molar-refractivity contribution is -0.128. The highest BCUT2D eigenvalue weighted by atomic mass is 79.9. The minimum atomic E-state index is 0.124. The third-order valence-electron chi connectivity index (χ3n) is 2.33. The van der Waals surface area contributed by atoms with E-state index in [1.807, 2.05) is 18.5 Å². The third-order valence-corrected chi connectivity index (χ3v) is 3.48. The zero-order chi connectivity index (χ0) is 11.6. The molecular weight excluding hydrogens is 258 g/mol. The van der Waals surface area contributed by atoms with Crippen LogP contribution in [0.4, 0.5) is 0 Å². The molecule has 0 spiro atoms. The Labute approximate surface area is 98.4 Å². The van der Waals surface area contributed by atoms with Gasteiger partial charge in [0.15, 0.2) is 0 Å². The molecule has 0 aliphatic rings. The second-order valence-corrected chi connectivity index (χ2v) is 4.54. The average molecular weight is 274 g/mol. The van der Waals surface area contributed by atoms with Gasteiger partial charge in [0.2, 0.25) is 5.91 Å². The maximum absolute atomic E-state index is 11.4. The minimum Gasteiger partial charge on any atom is -0.349 e. The first-order chi connectivity index (χ1) is 6.93. The molecule has 0 radical (unpaired) electrons. The largest absolute Gasteiger partial charge is 0.349 e. The Bertz CT molecular complexity index is 371. The molecule has 0 fully saturated rings. The predicted molar refractivity (Wildman–Crippen MR) is 62.7 cm³/mol. The summed E-state index contributed by atoms with van der Waals surface area (Å²) in [4.78, 5) is 13.0. The van der Waals surface area contributed by atoms with Crippen LogP contribution in [0.2, 0.25) is 0 Å². The standard InChI is InChI=1S/C10H16BrN3O/c1-7-10(11)8(2)14(12-7)6-5-9(15)13(3)4/h5-6H2,1-4H3. The van der Waals surface area contributed by atoms with Crippen molar-refractivity contribution < 1.29 is 4.79 Å². The van der Waals surface area contributed by atoms with Gasteiger partial charge in [-0.05, 0) is 29.8 Å². The summed E-state index contributed by atoms with van der Waals surface area (Å²) in [5, 5.41) is 4.34. The lowest BCUT2D eigenvalue weighted by atomic mass is 10.3. The zero-order valence-corrected chi connectivity index (χ0v) is 11.1. The first kappa shape index (κ1) is 12.2. The first-order valence-corrected chi connectivity index (χ1v) is 5.62. The number of halogens is 1. The van der Waals surface area contributed by atoms with Crippen molar-refractivity contribution >= 4 is 21.8 Å². The van der Waals surface area contributed by atoms with Gasteiger partial charge in [-0.1, -0.05) is 0 Å². The molecule has 1 aromatic heterocycles. The second-order valence-electron chi connectivity index (χ2n) is 3.75. The molecule has 0 aromatic carbocycles. The fourth-order valence-electron chi connectivity index (χ4n) is 1.32. The molecule has 0 aliphatic carbocycles. The fraction of sp³-hybridized carbons (Fsp3) is 0.600. The van der Waals surface area contributed by atoms with Crippen LogP contribution in [0.3, 0.4) is 0 Å². The molecule has 0 saturated carbocycles. The van der Waals surface area contributed by atoms with Crippen LogP contribution in [0.15, 0.2) is 4.47 Å². The number of carbonyl (C=O) groups excluding carboxylic acids is 1. The third kappa shape index (κ3) is 2.81. The smallest absolute Gasteiger partial charge is 0.223 e. The van der Waals surface area contributed by atoms with Gasteiger partial charge in [-0.15, -0.1) is 0 Å². The Balaban J connectivity index is 2.66. The molecule has 5 heteroatoms. The summed E-state index contributed by atoms with van der Waals surface area (Å²) < 4.78 is 2.89. The van der Waals surface area contributed by atoms with Gasteiger partial charge in [-0.2, -0.15) is 5.10 Å². The van der Waals surface area contributed by atoms with Crippen molar-refractivity contribution in [2.45, 2.75) is 26.8 Å². The number of aryl methyl sites for hydroxylation is 2. The number of amides is 1. The summed E-state index contributed by atoms with van der Waals surface area (Å²) in [6.45, 7) is 4.57. The van der Waals surface area contributed by atoms with Gasteiger partial charge < -0.3 is 4.90 Å². The summed E-state index contributed by atoms with van der Waals surface area (Å²) in [6, 6.07) is 0. The SMILES string of the molecule is Cc1nn(CCC(=O)N(C)C)c(C)c1Br. The van der Waals surface area contributed by atoms with E-state index in [0.717, 1.165) is 15.9 Å². The van der Waals surface area contributed by atoms with Gasteiger partial charge in [-0.25, -0.2) is 0 Å². The van der Waals surface area contributed by atoms with Crippen LogP contribution in [0, 0.1) is 13.8 Å². The molecular formula is C10H16BrN3O. The molecule has 1 aromatic rings. The van der Waals surface area contributed by atoms with Crippen molar-refractivity contribution in [3.05, 3.63) is 15.9 Å². The van der Waals surface area contributed by atoms with Crippen LogP contribution in [0.5, 0.6) is 0 Å². The molecule has 0 saturated heterocycles. The molecule has 0 unspecified atom stereocenters. The van der Waals surface area contributed by atoms with Gasteiger partial charge in [-0.3, -0.25) is 9.48 Å². The number of hydrogen-bond donors (Lipinski definition) is 0. The monoisotopic (exact) mass is 273 g/mol. The normalized spacial score (nSPS) is 10.5. The molecule has 0 bridgehead atoms. The van der Waals surface area contributed by atoms with Crippen molar-refractivity contribution in [3.63, 3.8) is 0 Å². The van der Waals surface area contributed by atoms with Crippen molar-refractivity contribution in [2.75, 3.05) is 14.1 Å². The van der Waals surface area contributed by atoms with E-state index in [4.69, 9.17) is 0 Å². The van der Waals surface area contributed by atoms with E-state index in [2.05, 4.69) is 21.0 Å². The van der Waals surface area contributed by atoms with Gasteiger partial charge in [0, 0.05) is 26.2 Å². The minimum absolute atomic E-state index is 0.124. The van der Waals surface area contributed by atoms with Gasteiger partial charge >= 0.3 is 0 Å². The lowest BCUT2D eigenvalue weighted by Gasteiger charge is -2.10. The van der Waals surface area contributed by atoms with Crippen LogP contribution in [0.1, 0.15) is 17.8 Å². The fourth-order valence-corrected chi connectivity index (χ4v) is 1.60. The molecule has 84 valence electrons. The first-order valence-electron chi connectivity index (χ1n) is 4.83. The van der Waals surface area contributed by atoms with E-state index in [1.165, 1.54) is 0 Å². The highest BCUT2D eigenvalue weighted by molar-refractivity contribution is 9.10. The Kier molecular flexibility index (Phi) is 3.90. The summed E-state index contributed by atoms with van der Waals surface area (Å²) in [7, 11) is 3.53. The van der Waals surface area contributed by atoms with Crippen LogP contribution in [0.25, 0.3) is 0 Å². The number of carbonyl (C=O) groups is 1. The van der Waals surface area contributed by atoms with E-state index in [0.29, 0.717) is 13.0 Å². The Morgan fingerprint density at radius 1 is 1.47 bits per heavy atom. The molecule has 1 amide bonds. The number of nitrogens with zero attached hydrogens (tertiary/aromatic N) is 3. The van der Waals surface area contributed by atoms with E-state index in [9.17, 15) is 4.79 Å². The molecule has 0 atom stereocenters. The topological polar surface area (TPSA) is 38.1 Å². The molecule has 4 nitrogen and oxygen atoms in total. The number of hydrogen-bond acceptors (Lipinski definition) is 2. The van der Waals surface area contributed by atoms with E-state index >= 15 is 0 Å². The van der Waals surface area contributed by atoms with E-state index in [-0.39, 0.29) is 5.91 Å². The van der Waals surface area contributed by atoms with Crippen LogP contribution in [-0.2, 0) is 11.3 Å². The van der Waals surface area contributed by atoms with Crippen LogP contribution in [-0.4, -0.2) is 34.7 Å². The maximum Gasteiger partial charge on any atom is 0.223 e. The van der Waals surface area contributed by atoms with Crippen molar-refractivity contribution in [2.24, 2.45) is 0 Å².